The van der Waals surface area contributed by atoms with E-state index in [1.165, 1.54) is 11.6 Å². The molecule has 9 heteroatoms. The molecule has 3 rings (SSSR count). The summed E-state index contributed by atoms with van der Waals surface area (Å²) in [5.41, 5.74) is 1.25. The van der Waals surface area contributed by atoms with Crippen LogP contribution >= 0.6 is 11.8 Å². The van der Waals surface area contributed by atoms with Crippen molar-refractivity contribution in [1.29, 1.82) is 0 Å². The number of rotatable bonds is 6. The van der Waals surface area contributed by atoms with Crippen molar-refractivity contribution in [3.05, 3.63) is 64.4 Å². The molecule has 29 heavy (non-hydrogen) atoms. The van der Waals surface area contributed by atoms with Crippen LogP contribution in [0.25, 0.3) is 10.9 Å². The van der Waals surface area contributed by atoms with E-state index in [0.717, 1.165) is 23.1 Å². The van der Waals surface area contributed by atoms with E-state index >= 15 is 0 Å². The second kappa shape index (κ2) is 9.24. The molecule has 1 aromatic heterocycles. The second-order valence-electron chi connectivity index (χ2n) is 6.07. The van der Waals surface area contributed by atoms with E-state index in [9.17, 15) is 14.4 Å². The molecule has 0 radical (unpaired) electrons. The number of hydrogen-bond donors (Lipinski definition) is 2. The van der Waals surface area contributed by atoms with Gasteiger partial charge in [0.15, 0.2) is 5.16 Å². The van der Waals surface area contributed by atoms with Gasteiger partial charge in [0.2, 0.25) is 5.91 Å². The van der Waals surface area contributed by atoms with E-state index in [2.05, 4.69) is 15.6 Å². The molecule has 0 atom stereocenters. The Hall–Kier alpha value is -3.33. The summed E-state index contributed by atoms with van der Waals surface area (Å²) >= 11 is 1.10. The van der Waals surface area contributed by atoms with Crippen LogP contribution in [0.2, 0.25) is 0 Å². The normalized spacial score (nSPS) is 10.6. The maximum atomic E-state index is 13.1. The molecule has 0 unspecified atom stereocenters. The number of hydrogen-bond acceptors (Lipinski definition) is 6. The third-order valence-electron chi connectivity index (χ3n) is 4.14. The van der Waals surface area contributed by atoms with Crippen molar-refractivity contribution in [2.45, 2.75) is 11.7 Å². The van der Waals surface area contributed by atoms with Crippen LogP contribution in [0.4, 0.5) is 4.79 Å². The van der Waals surface area contributed by atoms with Crippen LogP contribution in [-0.4, -0.2) is 41.4 Å². The molecule has 0 bridgehead atoms. The maximum Gasteiger partial charge on any atom is 0.321 e. The summed E-state index contributed by atoms with van der Waals surface area (Å²) in [6, 6.07) is 13.8. The summed E-state index contributed by atoms with van der Waals surface area (Å²) in [5.74, 6) is 0.187. The molecule has 150 valence electrons. The molecule has 0 aliphatic carbocycles. The Balaban J connectivity index is 1.93. The van der Waals surface area contributed by atoms with Crippen LogP contribution in [0, 0.1) is 0 Å². The van der Waals surface area contributed by atoms with E-state index < -0.39 is 11.9 Å². The van der Waals surface area contributed by atoms with Gasteiger partial charge in [0.05, 0.1) is 30.3 Å². The lowest BCUT2D eigenvalue weighted by Crippen LogP contribution is -2.38. The number of methoxy groups -OCH3 is 1. The van der Waals surface area contributed by atoms with E-state index in [-0.39, 0.29) is 11.3 Å². The predicted octanol–water partition coefficient (Wildman–Crippen LogP) is 2.00. The molecule has 3 amide bonds. The number of benzene rings is 2. The highest BCUT2D eigenvalue weighted by molar-refractivity contribution is 7.99. The highest BCUT2D eigenvalue weighted by atomic mass is 32.2. The number of para-hydroxylation sites is 1. The number of carbonyl (C=O) groups is 2. The zero-order valence-electron chi connectivity index (χ0n) is 16.0. The number of thioether (sulfide) groups is 1. The molecular weight excluding hydrogens is 392 g/mol. The van der Waals surface area contributed by atoms with Crippen molar-refractivity contribution < 1.29 is 14.3 Å². The van der Waals surface area contributed by atoms with Gasteiger partial charge in [0, 0.05) is 7.05 Å². The van der Waals surface area contributed by atoms with Crippen molar-refractivity contribution in [3.63, 3.8) is 0 Å². The zero-order chi connectivity index (χ0) is 20.8. The van der Waals surface area contributed by atoms with Crippen molar-refractivity contribution in [2.75, 3.05) is 19.9 Å². The lowest BCUT2D eigenvalue weighted by atomic mass is 10.2. The monoisotopic (exact) mass is 412 g/mol. The smallest absolute Gasteiger partial charge is 0.321 e. The Morgan fingerprint density at radius 2 is 1.86 bits per heavy atom. The molecule has 3 aromatic rings. The lowest BCUT2D eigenvalue weighted by Gasteiger charge is -2.13. The van der Waals surface area contributed by atoms with E-state index in [1.54, 1.807) is 31.4 Å². The standard InChI is InChI=1S/C20H20N4O4S/c1-21-19(27)23-17(25)12-29-20-22-16-6-4-3-5-15(16)18(26)24(20)11-13-7-9-14(28-2)10-8-13/h3-10H,11-12H2,1-2H3,(H2,21,23,25,27). The first-order valence-electron chi connectivity index (χ1n) is 8.78. The molecule has 8 nitrogen and oxygen atoms in total. The summed E-state index contributed by atoms with van der Waals surface area (Å²) in [7, 11) is 3.01. The van der Waals surface area contributed by atoms with Crippen molar-refractivity contribution in [3.8, 4) is 5.75 Å². The topological polar surface area (TPSA) is 102 Å². The van der Waals surface area contributed by atoms with E-state index in [0.29, 0.717) is 22.6 Å². The average Bonchev–Trinajstić information content (AvgIpc) is 2.75. The molecule has 1 heterocycles. The molecular formula is C20H20N4O4S. The molecule has 0 spiro atoms. The van der Waals surface area contributed by atoms with Crippen LogP contribution in [0.5, 0.6) is 5.75 Å². The highest BCUT2D eigenvalue weighted by Gasteiger charge is 2.14. The van der Waals surface area contributed by atoms with Crippen LogP contribution < -0.4 is 20.9 Å². The number of carbonyl (C=O) groups excluding carboxylic acids is 2. The summed E-state index contributed by atoms with van der Waals surface area (Å²) < 4.78 is 6.70. The molecule has 0 fully saturated rings. The first kappa shape index (κ1) is 20.4. The van der Waals surface area contributed by atoms with E-state index in [1.807, 2.05) is 24.3 Å². The van der Waals surface area contributed by atoms with Crippen molar-refractivity contribution in [1.82, 2.24) is 20.2 Å². The van der Waals surface area contributed by atoms with Crippen LogP contribution in [0.1, 0.15) is 5.56 Å². The van der Waals surface area contributed by atoms with Crippen LogP contribution in [0.15, 0.2) is 58.5 Å². The number of nitrogens with zero attached hydrogens (tertiary/aromatic N) is 2. The van der Waals surface area contributed by atoms with Gasteiger partial charge in [-0.1, -0.05) is 36.0 Å². The number of urea groups is 1. The van der Waals surface area contributed by atoms with Crippen molar-refractivity contribution in [2.24, 2.45) is 0 Å². The average molecular weight is 412 g/mol. The number of nitrogens with one attached hydrogen (secondary N) is 2. The first-order valence-corrected chi connectivity index (χ1v) is 9.77. The quantitative estimate of drug-likeness (QED) is 0.474. The number of aromatic nitrogens is 2. The number of imide groups is 1. The summed E-state index contributed by atoms with van der Waals surface area (Å²) in [4.78, 5) is 40.9. The second-order valence-corrected chi connectivity index (χ2v) is 7.01. The molecule has 0 saturated heterocycles. The Bertz CT molecular complexity index is 1100. The summed E-state index contributed by atoms with van der Waals surface area (Å²) in [6.45, 7) is 0.292. The molecule has 0 saturated carbocycles. The fourth-order valence-corrected chi connectivity index (χ4v) is 3.46. The van der Waals surface area contributed by atoms with Gasteiger partial charge in [-0.3, -0.25) is 19.5 Å². The Labute approximate surface area is 171 Å². The van der Waals surface area contributed by atoms with Gasteiger partial charge in [0.25, 0.3) is 5.56 Å². The number of amides is 3. The van der Waals surface area contributed by atoms with Crippen molar-refractivity contribution >= 4 is 34.6 Å². The van der Waals surface area contributed by atoms with Gasteiger partial charge in [-0.05, 0) is 29.8 Å². The van der Waals surface area contributed by atoms with Crippen LogP contribution in [-0.2, 0) is 11.3 Å². The number of ether oxygens (including phenoxy) is 1. The summed E-state index contributed by atoms with van der Waals surface area (Å²) in [5, 5.41) is 5.41. The first-order chi connectivity index (χ1) is 14.0. The van der Waals surface area contributed by atoms with Gasteiger partial charge in [-0.25, -0.2) is 9.78 Å². The third kappa shape index (κ3) is 4.94. The largest absolute Gasteiger partial charge is 0.497 e. The number of fused-ring (bicyclic) bond motifs is 1. The Morgan fingerprint density at radius 1 is 1.14 bits per heavy atom. The Kier molecular flexibility index (Phi) is 6.50. The van der Waals surface area contributed by atoms with Gasteiger partial charge in [-0.2, -0.15) is 0 Å². The fraction of sp³-hybridized carbons (Fsp3) is 0.200. The minimum absolute atomic E-state index is 0.0547. The minimum Gasteiger partial charge on any atom is -0.497 e. The minimum atomic E-state index is -0.585. The van der Waals surface area contributed by atoms with Gasteiger partial charge in [-0.15, -0.1) is 0 Å². The maximum absolute atomic E-state index is 13.1. The van der Waals surface area contributed by atoms with Gasteiger partial charge in [0.1, 0.15) is 5.75 Å². The summed E-state index contributed by atoms with van der Waals surface area (Å²) in [6.07, 6.45) is 0. The predicted molar refractivity (Wildman–Crippen MR) is 111 cm³/mol. The SMILES string of the molecule is CNC(=O)NC(=O)CSc1nc2ccccc2c(=O)n1Cc1ccc(OC)cc1. The lowest BCUT2D eigenvalue weighted by molar-refractivity contribution is -0.117. The molecule has 0 aliphatic rings. The van der Waals surface area contributed by atoms with Gasteiger partial charge < -0.3 is 10.1 Å². The highest BCUT2D eigenvalue weighted by Crippen LogP contribution is 2.20. The Morgan fingerprint density at radius 3 is 2.55 bits per heavy atom. The molecule has 2 aromatic carbocycles. The fourth-order valence-electron chi connectivity index (χ4n) is 2.67. The van der Waals surface area contributed by atoms with E-state index in [4.69, 9.17) is 4.74 Å². The third-order valence-corrected chi connectivity index (χ3v) is 5.12. The zero-order valence-corrected chi connectivity index (χ0v) is 16.8. The van der Waals surface area contributed by atoms with Gasteiger partial charge >= 0.3 is 6.03 Å². The van der Waals surface area contributed by atoms with Crippen LogP contribution in [0.3, 0.4) is 0 Å². The molecule has 2 N–H and O–H groups in total. The molecule has 0 aliphatic heterocycles.